The van der Waals surface area contributed by atoms with Crippen molar-refractivity contribution in [3.05, 3.63) is 54.5 Å². The van der Waals surface area contributed by atoms with Gasteiger partial charge >= 0.3 is 25.7 Å². The van der Waals surface area contributed by atoms with Crippen LogP contribution in [-0.2, 0) is 42.4 Å². The van der Waals surface area contributed by atoms with Crippen LogP contribution < -0.4 is 15.3 Å². The number of nitrogens with two attached hydrogens (primary N) is 1. The molecule has 2 aliphatic heterocycles. The number of carbonyl (C=O) groups excluding carboxylic acids is 3. The number of para-hydroxylation sites is 1. The number of nitrogens with zero attached hydrogens (tertiary/aromatic N) is 4. The standard InChI is InChI=1S/C34H45N6O10P/c1-19(2)29(41)46-27-26(24-13-14-25-28(35)36-18-37-40(24)25)47-33(6)32(34(27,33)48-30(42)20(3)4)50-51(44,49-22-11-9-8-10-12-22)38-21(5)31(43)45-23-15-16-39(7)17-23/h8-14,18-21,23,26-27,32H,15-17H2,1-7H3,(H,38,44)(H2,35,36,37)/t21-,23-,26-,27-,32?,33+,34+,51?/m0/s1. The third-order valence-corrected chi connectivity index (χ3v) is 11.1. The number of nitrogen functional groups attached to an aromatic ring is 1. The molecule has 3 aromatic rings. The van der Waals surface area contributed by atoms with Crippen LogP contribution in [-0.4, -0.2) is 93.1 Å². The first-order chi connectivity index (χ1) is 24.1. The predicted octanol–water partition coefficient (Wildman–Crippen LogP) is 3.46. The summed E-state index contributed by atoms with van der Waals surface area (Å²) >= 11 is 0. The molecule has 16 nitrogen and oxygen atoms in total. The van der Waals surface area contributed by atoms with Crippen molar-refractivity contribution in [3.8, 4) is 5.75 Å². The number of hydrogen-bond donors (Lipinski definition) is 2. The summed E-state index contributed by atoms with van der Waals surface area (Å²) in [6, 6.07) is 10.5. The number of nitrogens with one attached hydrogen (secondary N) is 1. The van der Waals surface area contributed by atoms with Crippen molar-refractivity contribution in [2.75, 3.05) is 25.9 Å². The van der Waals surface area contributed by atoms with Gasteiger partial charge in [-0.05, 0) is 51.6 Å². The van der Waals surface area contributed by atoms with Crippen molar-refractivity contribution in [1.82, 2.24) is 24.6 Å². The molecule has 3 N–H and O–H groups in total. The van der Waals surface area contributed by atoms with Crippen molar-refractivity contribution in [3.63, 3.8) is 0 Å². The van der Waals surface area contributed by atoms with Crippen molar-refractivity contribution < 1.29 is 46.9 Å². The van der Waals surface area contributed by atoms with Crippen LogP contribution in [0.4, 0.5) is 5.82 Å². The molecular weight excluding hydrogens is 683 g/mol. The zero-order valence-electron chi connectivity index (χ0n) is 29.7. The van der Waals surface area contributed by atoms with E-state index < -0.39 is 73.0 Å². The van der Waals surface area contributed by atoms with Crippen LogP contribution in [0.3, 0.4) is 0 Å². The monoisotopic (exact) mass is 728 g/mol. The van der Waals surface area contributed by atoms with E-state index in [2.05, 4.69) is 15.2 Å². The van der Waals surface area contributed by atoms with Gasteiger partial charge in [0.1, 0.15) is 47.5 Å². The van der Waals surface area contributed by atoms with Gasteiger partial charge in [0.25, 0.3) is 0 Å². The van der Waals surface area contributed by atoms with Crippen LogP contribution in [0.2, 0.25) is 0 Å². The van der Waals surface area contributed by atoms with Gasteiger partial charge in [-0.15, -0.1) is 0 Å². The smallest absolute Gasteiger partial charge is 0.459 e. The zero-order chi connectivity index (χ0) is 36.9. The minimum atomic E-state index is -4.53. The average Bonchev–Trinajstić information content (AvgIpc) is 3.53. The fraction of sp³-hybridized carbons (Fsp3) is 0.559. The Balaban J connectivity index is 1.38. The number of aromatic nitrogens is 3. The normalized spacial score (nSPS) is 29.0. The first-order valence-corrected chi connectivity index (χ1v) is 18.5. The number of likely N-dealkylation sites (tertiary alicyclic amines) is 1. The van der Waals surface area contributed by atoms with Gasteiger partial charge in [0.15, 0.2) is 11.9 Å². The van der Waals surface area contributed by atoms with Gasteiger partial charge in [-0.2, -0.15) is 10.2 Å². The second-order valence-electron chi connectivity index (χ2n) is 14.1. The minimum absolute atomic E-state index is 0.175. The maximum absolute atomic E-state index is 14.8. The maximum Gasteiger partial charge on any atom is 0.459 e. The van der Waals surface area contributed by atoms with Crippen molar-refractivity contribution in [1.29, 1.82) is 0 Å². The first-order valence-electron chi connectivity index (χ1n) is 17.0. The Morgan fingerprint density at radius 2 is 1.73 bits per heavy atom. The van der Waals surface area contributed by atoms with E-state index in [1.54, 1.807) is 77.1 Å². The summed E-state index contributed by atoms with van der Waals surface area (Å²) in [5.74, 6) is -2.69. The Labute approximate surface area is 295 Å². The third-order valence-electron chi connectivity index (χ3n) is 9.46. The molecule has 0 spiro atoms. The first kappa shape index (κ1) is 36.7. The number of rotatable bonds is 13. The van der Waals surface area contributed by atoms with Crippen LogP contribution in [0.1, 0.15) is 59.8 Å². The van der Waals surface area contributed by atoms with Crippen molar-refractivity contribution in [2.45, 2.75) is 89.6 Å². The lowest BCUT2D eigenvalue weighted by atomic mass is 10.0. The zero-order valence-corrected chi connectivity index (χ0v) is 30.6. The molecule has 0 amide bonds. The van der Waals surface area contributed by atoms with Crippen molar-refractivity contribution in [2.24, 2.45) is 11.8 Å². The van der Waals surface area contributed by atoms with Gasteiger partial charge in [-0.3, -0.25) is 18.9 Å². The van der Waals surface area contributed by atoms with Gasteiger partial charge in [0.05, 0.1) is 17.5 Å². The van der Waals surface area contributed by atoms with E-state index in [0.29, 0.717) is 24.2 Å². The highest BCUT2D eigenvalue weighted by Crippen LogP contribution is 2.71. The molecule has 4 heterocycles. The Hall–Kier alpha value is -4.08. The summed E-state index contributed by atoms with van der Waals surface area (Å²) in [6.45, 7) is 11.1. The lowest BCUT2D eigenvalue weighted by Crippen LogP contribution is -2.45. The summed E-state index contributed by atoms with van der Waals surface area (Å²) in [7, 11) is -2.60. The Bertz CT molecular complexity index is 1840. The van der Waals surface area contributed by atoms with Crippen LogP contribution in [0.15, 0.2) is 48.8 Å². The fourth-order valence-corrected chi connectivity index (χ4v) is 8.33. The molecule has 1 aliphatic carbocycles. The van der Waals surface area contributed by atoms with Crippen LogP contribution >= 0.6 is 7.75 Å². The molecule has 3 aliphatic rings. The molecule has 17 heteroatoms. The topological polar surface area (TPSA) is 195 Å². The molecule has 1 aromatic carbocycles. The molecule has 3 fully saturated rings. The van der Waals surface area contributed by atoms with Gasteiger partial charge in [0, 0.05) is 13.1 Å². The number of carbonyl (C=O) groups is 3. The van der Waals surface area contributed by atoms with E-state index >= 15 is 0 Å². The van der Waals surface area contributed by atoms with Crippen LogP contribution in [0.5, 0.6) is 5.75 Å². The van der Waals surface area contributed by atoms with E-state index in [1.165, 1.54) is 17.8 Å². The number of anilines is 1. The highest BCUT2D eigenvalue weighted by Gasteiger charge is 2.91. The maximum atomic E-state index is 14.8. The van der Waals surface area contributed by atoms with Gasteiger partial charge in [0.2, 0.25) is 5.60 Å². The largest absolute Gasteiger partial charge is 0.460 e. The summed E-state index contributed by atoms with van der Waals surface area (Å²) in [5, 5.41) is 7.06. The lowest BCUT2D eigenvalue weighted by Gasteiger charge is -2.31. The number of ether oxygens (including phenoxy) is 4. The summed E-state index contributed by atoms with van der Waals surface area (Å²) in [5.41, 5.74) is 3.66. The molecule has 6 rings (SSSR count). The van der Waals surface area contributed by atoms with E-state index in [9.17, 15) is 18.9 Å². The quantitative estimate of drug-likeness (QED) is 0.147. The highest BCUT2D eigenvalue weighted by atomic mass is 31.2. The van der Waals surface area contributed by atoms with E-state index in [0.717, 1.165) is 6.54 Å². The number of benzene rings is 1. The molecule has 2 aromatic heterocycles. The van der Waals surface area contributed by atoms with Crippen LogP contribution in [0.25, 0.3) is 5.52 Å². The number of fused-ring (bicyclic) bond motifs is 2. The SMILES string of the molecule is CC(C)C(=O)O[C@H]1[C@H](c2ccc3c(N)ncnn23)O[C@]2(C)C(OP(=O)(N[C@@H](C)C(=O)O[C@H]3CCN(C)C3)Oc3ccccc3)[C@]12OC(=O)C(C)C. The Morgan fingerprint density at radius 1 is 1.02 bits per heavy atom. The Kier molecular flexibility index (Phi) is 9.94. The van der Waals surface area contributed by atoms with Crippen LogP contribution in [0, 0.1) is 11.8 Å². The van der Waals surface area contributed by atoms with E-state index in [-0.39, 0.29) is 17.7 Å². The molecule has 2 saturated heterocycles. The number of esters is 3. The number of likely N-dealkylation sites (N-methyl/N-ethyl adjacent to an activating group) is 1. The average molecular weight is 729 g/mol. The van der Waals surface area contributed by atoms with E-state index in [1.807, 2.05) is 11.9 Å². The predicted molar refractivity (Wildman–Crippen MR) is 182 cm³/mol. The highest BCUT2D eigenvalue weighted by molar-refractivity contribution is 7.52. The fourth-order valence-electron chi connectivity index (χ4n) is 6.56. The molecule has 0 radical (unpaired) electrons. The molecule has 0 bridgehead atoms. The third kappa shape index (κ3) is 6.83. The summed E-state index contributed by atoms with van der Waals surface area (Å²) in [6.07, 6.45) is -2.05. The van der Waals surface area contributed by atoms with Gasteiger partial charge in [-0.1, -0.05) is 45.9 Å². The molecular formula is C34H45N6O10P. The summed E-state index contributed by atoms with van der Waals surface area (Å²) in [4.78, 5) is 46.1. The van der Waals surface area contributed by atoms with Crippen molar-refractivity contribution >= 4 is 37.0 Å². The molecule has 51 heavy (non-hydrogen) atoms. The second kappa shape index (κ2) is 13.8. The molecule has 8 atom stereocenters. The Morgan fingerprint density at radius 3 is 2.37 bits per heavy atom. The minimum Gasteiger partial charge on any atom is -0.460 e. The van der Waals surface area contributed by atoms with Gasteiger partial charge < -0.3 is 34.1 Å². The molecule has 1 saturated carbocycles. The lowest BCUT2D eigenvalue weighted by molar-refractivity contribution is -0.181. The van der Waals surface area contributed by atoms with E-state index in [4.69, 9.17) is 33.7 Å². The molecule has 2 unspecified atom stereocenters. The molecule has 276 valence electrons. The van der Waals surface area contributed by atoms with Gasteiger partial charge in [-0.25, -0.2) is 14.1 Å². The number of hydrogen-bond acceptors (Lipinski definition) is 14. The summed E-state index contributed by atoms with van der Waals surface area (Å²) < 4.78 is 53.3. The second-order valence-corrected chi connectivity index (χ2v) is 15.7.